The van der Waals surface area contributed by atoms with E-state index < -0.39 is 0 Å². The van der Waals surface area contributed by atoms with Gasteiger partial charge in [-0.25, -0.2) is 4.39 Å². The van der Waals surface area contributed by atoms with Gasteiger partial charge in [0.15, 0.2) is 0 Å². The Hall–Kier alpha value is -1.67. The van der Waals surface area contributed by atoms with Crippen LogP contribution in [0.4, 0.5) is 4.39 Å². The van der Waals surface area contributed by atoms with Crippen LogP contribution in [-0.4, -0.2) is 23.5 Å². The second-order valence-corrected chi connectivity index (χ2v) is 7.12. The molecule has 1 heterocycles. The van der Waals surface area contributed by atoms with Crippen molar-refractivity contribution in [3.63, 3.8) is 0 Å². The fourth-order valence-corrected chi connectivity index (χ4v) is 4.36. The van der Waals surface area contributed by atoms with Crippen LogP contribution in [0.3, 0.4) is 0 Å². The first-order valence-electron chi connectivity index (χ1n) is 8.84. The third kappa shape index (κ3) is 2.92. The molecule has 0 bridgehead atoms. The van der Waals surface area contributed by atoms with E-state index >= 15 is 0 Å². The number of fused-ring (bicyclic) bond motifs is 1. The van der Waals surface area contributed by atoms with Crippen molar-refractivity contribution in [2.75, 3.05) is 6.54 Å². The van der Waals surface area contributed by atoms with E-state index in [2.05, 4.69) is 30.0 Å². The summed E-state index contributed by atoms with van der Waals surface area (Å²) in [5.41, 5.74) is 5.05. The lowest BCUT2D eigenvalue weighted by Gasteiger charge is -2.35. The highest BCUT2D eigenvalue weighted by Crippen LogP contribution is 2.32. The first kappa shape index (κ1) is 14.9. The lowest BCUT2D eigenvalue weighted by atomic mass is 9.85. The third-order valence-corrected chi connectivity index (χ3v) is 5.64. The monoisotopic (exact) mass is 309 g/mol. The summed E-state index contributed by atoms with van der Waals surface area (Å²) in [6.45, 7) is 3.64. The van der Waals surface area contributed by atoms with Crippen LogP contribution in [0.5, 0.6) is 0 Å². The molecular weight excluding hydrogens is 285 g/mol. The molecule has 0 radical (unpaired) electrons. The first-order chi connectivity index (χ1) is 11.2. The molecule has 2 atom stereocenters. The molecule has 2 aromatic rings. The van der Waals surface area contributed by atoms with Gasteiger partial charge in [0.25, 0.3) is 0 Å². The second kappa shape index (κ2) is 6.09. The Balaban J connectivity index is 1.57. The molecule has 0 aromatic heterocycles. The van der Waals surface area contributed by atoms with Crippen LogP contribution in [0.25, 0.3) is 11.1 Å². The topological polar surface area (TPSA) is 3.24 Å². The molecule has 4 rings (SSSR count). The van der Waals surface area contributed by atoms with Crippen molar-refractivity contribution in [2.24, 2.45) is 0 Å². The lowest BCUT2D eigenvalue weighted by Crippen LogP contribution is -2.41. The number of rotatable bonds is 2. The standard InChI is InChI=1S/C21H24FN/c1-15-4-3-11-23(15)21-10-9-18-12-17(7-8-19(18)14-21)16-5-2-6-20(22)13-16/h2,5-8,12-13,15,21H,3-4,9-11,14H2,1H3. The predicted octanol–water partition coefficient (Wildman–Crippen LogP) is 4.83. The zero-order valence-electron chi connectivity index (χ0n) is 13.8. The van der Waals surface area contributed by atoms with Crippen molar-refractivity contribution in [1.82, 2.24) is 4.90 Å². The van der Waals surface area contributed by atoms with E-state index in [1.54, 1.807) is 12.1 Å². The summed E-state index contributed by atoms with van der Waals surface area (Å²) in [6, 6.07) is 15.0. The Morgan fingerprint density at radius 2 is 1.87 bits per heavy atom. The minimum Gasteiger partial charge on any atom is -0.297 e. The molecule has 0 amide bonds. The summed E-state index contributed by atoms with van der Waals surface area (Å²) in [7, 11) is 0. The highest BCUT2D eigenvalue weighted by Gasteiger charge is 2.30. The van der Waals surface area contributed by atoms with Gasteiger partial charge in [-0.15, -0.1) is 0 Å². The molecular formula is C21H24FN. The van der Waals surface area contributed by atoms with Gasteiger partial charge >= 0.3 is 0 Å². The van der Waals surface area contributed by atoms with Gasteiger partial charge in [-0.2, -0.15) is 0 Å². The van der Waals surface area contributed by atoms with E-state index in [-0.39, 0.29) is 5.82 Å². The molecule has 1 saturated heterocycles. The fourth-order valence-electron chi connectivity index (χ4n) is 4.36. The van der Waals surface area contributed by atoms with Crippen molar-refractivity contribution in [3.8, 4) is 11.1 Å². The quantitative estimate of drug-likeness (QED) is 0.767. The molecule has 1 aliphatic carbocycles. The molecule has 2 aliphatic rings. The summed E-state index contributed by atoms with van der Waals surface area (Å²) >= 11 is 0. The van der Waals surface area contributed by atoms with Crippen molar-refractivity contribution in [3.05, 3.63) is 59.4 Å². The first-order valence-corrected chi connectivity index (χ1v) is 8.84. The maximum atomic E-state index is 13.4. The maximum Gasteiger partial charge on any atom is 0.123 e. The van der Waals surface area contributed by atoms with Gasteiger partial charge in [0.1, 0.15) is 5.82 Å². The molecule has 23 heavy (non-hydrogen) atoms. The van der Waals surface area contributed by atoms with Gasteiger partial charge in [-0.1, -0.05) is 30.3 Å². The van der Waals surface area contributed by atoms with Gasteiger partial charge < -0.3 is 0 Å². The number of benzene rings is 2. The van der Waals surface area contributed by atoms with Crippen LogP contribution in [0.2, 0.25) is 0 Å². The Kier molecular flexibility index (Phi) is 3.94. The maximum absolute atomic E-state index is 13.4. The second-order valence-electron chi connectivity index (χ2n) is 7.12. The Morgan fingerprint density at radius 3 is 2.65 bits per heavy atom. The number of nitrogens with zero attached hydrogens (tertiary/aromatic N) is 1. The molecule has 120 valence electrons. The van der Waals surface area contributed by atoms with Gasteiger partial charge in [-0.3, -0.25) is 4.90 Å². The summed E-state index contributed by atoms with van der Waals surface area (Å²) in [5.74, 6) is -0.164. The minimum absolute atomic E-state index is 0.164. The van der Waals surface area contributed by atoms with Gasteiger partial charge in [0, 0.05) is 12.1 Å². The lowest BCUT2D eigenvalue weighted by molar-refractivity contribution is 0.174. The van der Waals surface area contributed by atoms with E-state index in [9.17, 15) is 4.39 Å². The summed E-state index contributed by atoms with van der Waals surface area (Å²) < 4.78 is 13.4. The largest absolute Gasteiger partial charge is 0.297 e. The zero-order valence-corrected chi connectivity index (χ0v) is 13.8. The smallest absolute Gasteiger partial charge is 0.123 e. The van der Waals surface area contributed by atoms with Crippen LogP contribution in [0.15, 0.2) is 42.5 Å². The minimum atomic E-state index is -0.164. The highest BCUT2D eigenvalue weighted by molar-refractivity contribution is 5.65. The number of hydrogen-bond acceptors (Lipinski definition) is 1. The van der Waals surface area contributed by atoms with Gasteiger partial charge in [-0.05, 0) is 80.0 Å². The van der Waals surface area contributed by atoms with E-state index in [1.807, 2.05) is 6.07 Å². The number of likely N-dealkylation sites (tertiary alicyclic amines) is 1. The van der Waals surface area contributed by atoms with E-state index in [0.717, 1.165) is 23.6 Å². The van der Waals surface area contributed by atoms with Crippen molar-refractivity contribution in [1.29, 1.82) is 0 Å². The van der Waals surface area contributed by atoms with Crippen molar-refractivity contribution in [2.45, 2.75) is 51.1 Å². The number of aryl methyl sites for hydroxylation is 1. The van der Waals surface area contributed by atoms with Crippen LogP contribution >= 0.6 is 0 Å². The molecule has 1 nitrogen and oxygen atoms in total. The normalized spacial score (nSPS) is 24.6. The summed E-state index contributed by atoms with van der Waals surface area (Å²) in [5, 5.41) is 0. The molecule has 2 unspecified atom stereocenters. The van der Waals surface area contributed by atoms with Crippen molar-refractivity contribution >= 4 is 0 Å². The fraction of sp³-hybridized carbons (Fsp3) is 0.429. The Bertz CT molecular complexity index is 709. The third-order valence-electron chi connectivity index (χ3n) is 5.64. The highest BCUT2D eigenvalue weighted by atomic mass is 19.1. The van der Waals surface area contributed by atoms with Crippen LogP contribution in [-0.2, 0) is 12.8 Å². The molecule has 0 saturated carbocycles. The SMILES string of the molecule is CC1CCCN1C1CCc2cc(-c3cccc(F)c3)ccc2C1. The van der Waals surface area contributed by atoms with Crippen LogP contribution < -0.4 is 0 Å². The van der Waals surface area contributed by atoms with Crippen molar-refractivity contribution < 1.29 is 4.39 Å². The Labute approximate surface area is 138 Å². The summed E-state index contributed by atoms with van der Waals surface area (Å²) in [4.78, 5) is 2.71. The van der Waals surface area contributed by atoms with Gasteiger partial charge in [0.2, 0.25) is 0 Å². The summed E-state index contributed by atoms with van der Waals surface area (Å²) in [6.07, 6.45) is 6.27. The van der Waals surface area contributed by atoms with E-state index in [4.69, 9.17) is 0 Å². The van der Waals surface area contributed by atoms with Crippen LogP contribution in [0, 0.1) is 5.82 Å². The molecule has 2 aromatic carbocycles. The van der Waals surface area contributed by atoms with Gasteiger partial charge in [0.05, 0.1) is 0 Å². The number of halogens is 1. The number of hydrogen-bond donors (Lipinski definition) is 0. The molecule has 0 spiro atoms. The average molecular weight is 309 g/mol. The molecule has 1 fully saturated rings. The van der Waals surface area contributed by atoms with E-state index in [0.29, 0.717) is 6.04 Å². The van der Waals surface area contributed by atoms with E-state index in [1.165, 1.54) is 49.4 Å². The molecule has 2 heteroatoms. The average Bonchev–Trinajstić information content (AvgIpc) is 3.00. The Morgan fingerprint density at radius 1 is 1.00 bits per heavy atom. The predicted molar refractivity (Wildman–Crippen MR) is 93.1 cm³/mol. The zero-order chi connectivity index (χ0) is 15.8. The molecule has 1 aliphatic heterocycles. The molecule has 0 N–H and O–H groups in total. The van der Waals surface area contributed by atoms with Crippen LogP contribution in [0.1, 0.15) is 37.3 Å².